The molecule has 0 aromatic heterocycles. The van der Waals surface area contributed by atoms with Crippen LogP contribution in [0.3, 0.4) is 0 Å². The van der Waals surface area contributed by atoms with Crippen LogP contribution in [0.2, 0.25) is 5.02 Å². The normalized spacial score (nSPS) is 13.6. The molecule has 1 fully saturated rings. The molecule has 0 spiro atoms. The Balaban J connectivity index is 1.78. The number of carbonyl (C=O) groups excluding carboxylic acids is 1. The highest BCUT2D eigenvalue weighted by atomic mass is 35.5. The lowest BCUT2D eigenvalue weighted by molar-refractivity contribution is 0.0696. The van der Waals surface area contributed by atoms with E-state index in [1.165, 1.54) is 23.1 Å². The molecular weight excluding hydrogens is 447 g/mol. The number of carboxylic acids is 1. The van der Waals surface area contributed by atoms with Gasteiger partial charge in [-0.2, -0.15) is 0 Å². The minimum Gasteiger partial charge on any atom is -0.478 e. The molecule has 1 N–H and O–H groups in total. The zero-order valence-electron chi connectivity index (χ0n) is 17.7. The number of halogens is 2. The number of carboxylic acid groups (broad SMARTS) is 1. The molecule has 1 saturated heterocycles. The summed E-state index contributed by atoms with van der Waals surface area (Å²) in [5, 5.41) is 10.1. The highest BCUT2D eigenvalue weighted by Crippen LogP contribution is 2.31. The van der Waals surface area contributed by atoms with Gasteiger partial charge in [-0.3, -0.25) is 4.79 Å². The number of rotatable bonds is 6. The Morgan fingerprint density at radius 1 is 1.03 bits per heavy atom. The smallest absolute Gasteiger partial charge is 0.337 e. The third-order valence-corrected chi connectivity index (χ3v) is 5.87. The Bertz CT molecular complexity index is 1150. The van der Waals surface area contributed by atoms with Crippen molar-refractivity contribution >= 4 is 34.9 Å². The minimum atomic E-state index is -1.12. The number of amides is 1. The molecular formula is C25H22ClFN2O4. The van der Waals surface area contributed by atoms with Gasteiger partial charge in [0, 0.05) is 34.9 Å². The van der Waals surface area contributed by atoms with E-state index in [0.717, 1.165) is 0 Å². The minimum absolute atomic E-state index is 0.0555. The van der Waals surface area contributed by atoms with Crippen LogP contribution in [0.15, 0.2) is 66.7 Å². The quantitative estimate of drug-likeness (QED) is 0.559. The lowest BCUT2D eigenvalue weighted by Crippen LogP contribution is -2.37. The summed E-state index contributed by atoms with van der Waals surface area (Å²) in [4.78, 5) is 28.8. The standard InChI is InChI=1S/C25H22ClFN2O4/c26-21-7-4-8-22(27)20(21)16-29(24(30)17-5-2-1-3-6-17)18-9-10-23(19(15-18)25(31)32)28-11-13-33-14-12-28/h1-10,15H,11-14,16H2,(H,31,32). The van der Waals surface area contributed by atoms with Gasteiger partial charge in [0.05, 0.1) is 31.0 Å². The first-order valence-corrected chi connectivity index (χ1v) is 10.8. The number of anilines is 2. The van der Waals surface area contributed by atoms with E-state index >= 15 is 0 Å². The van der Waals surface area contributed by atoms with E-state index in [1.54, 1.807) is 48.5 Å². The Morgan fingerprint density at radius 3 is 2.42 bits per heavy atom. The van der Waals surface area contributed by atoms with E-state index in [-0.39, 0.29) is 22.7 Å². The van der Waals surface area contributed by atoms with Crippen molar-refractivity contribution in [3.05, 3.63) is 94.3 Å². The number of aromatic carboxylic acids is 1. The number of carbonyl (C=O) groups is 2. The van der Waals surface area contributed by atoms with E-state index in [2.05, 4.69) is 0 Å². The number of nitrogens with zero attached hydrogens (tertiary/aromatic N) is 2. The first-order valence-electron chi connectivity index (χ1n) is 10.5. The zero-order chi connectivity index (χ0) is 23.4. The summed E-state index contributed by atoms with van der Waals surface area (Å²) < 4.78 is 19.9. The lowest BCUT2D eigenvalue weighted by Gasteiger charge is -2.31. The third-order valence-electron chi connectivity index (χ3n) is 5.52. The van der Waals surface area contributed by atoms with Gasteiger partial charge < -0.3 is 19.6 Å². The molecule has 6 nitrogen and oxygen atoms in total. The molecule has 3 aromatic carbocycles. The predicted molar refractivity (Wildman–Crippen MR) is 125 cm³/mol. The van der Waals surface area contributed by atoms with Gasteiger partial charge in [0.2, 0.25) is 0 Å². The van der Waals surface area contributed by atoms with Gasteiger partial charge in [0.15, 0.2) is 0 Å². The van der Waals surface area contributed by atoms with Gasteiger partial charge in [0.1, 0.15) is 5.82 Å². The van der Waals surface area contributed by atoms with Crippen LogP contribution >= 0.6 is 11.6 Å². The molecule has 1 heterocycles. The maximum atomic E-state index is 14.6. The van der Waals surface area contributed by atoms with Crippen molar-refractivity contribution in [3.8, 4) is 0 Å². The molecule has 3 aromatic rings. The molecule has 0 saturated carbocycles. The molecule has 0 unspecified atom stereocenters. The second-order valence-electron chi connectivity index (χ2n) is 7.56. The Kier molecular flexibility index (Phi) is 6.91. The summed E-state index contributed by atoms with van der Waals surface area (Å²) >= 11 is 6.23. The molecule has 1 aliphatic rings. The summed E-state index contributed by atoms with van der Waals surface area (Å²) in [6.07, 6.45) is 0. The fourth-order valence-corrected chi connectivity index (χ4v) is 4.02. The molecule has 0 radical (unpaired) electrons. The van der Waals surface area contributed by atoms with Gasteiger partial charge in [-0.1, -0.05) is 35.9 Å². The topological polar surface area (TPSA) is 70.1 Å². The van der Waals surface area contributed by atoms with Crippen molar-refractivity contribution in [2.24, 2.45) is 0 Å². The van der Waals surface area contributed by atoms with Crippen LogP contribution in [0.25, 0.3) is 0 Å². The largest absolute Gasteiger partial charge is 0.478 e. The number of ether oxygens (including phenoxy) is 1. The van der Waals surface area contributed by atoms with Gasteiger partial charge >= 0.3 is 5.97 Å². The third kappa shape index (κ3) is 4.99. The van der Waals surface area contributed by atoms with Gasteiger partial charge in [-0.15, -0.1) is 0 Å². The molecule has 170 valence electrons. The van der Waals surface area contributed by atoms with Crippen molar-refractivity contribution in [2.75, 3.05) is 36.1 Å². The fraction of sp³-hybridized carbons (Fsp3) is 0.200. The van der Waals surface area contributed by atoms with Gasteiger partial charge in [-0.25, -0.2) is 9.18 Å². The summed E-state index contributed by atoms with van der Waals surface area (Å²) in [5.41, 5.74) is 1.47. The van der Waals surface area contributed by atoms with E-state index in [9.17, 15) is 19.1 Å². The lowest BCUT2D eigenvalue weighted by atomic mass is 10.1. The zero-order valence-corrected chi connectivity index (χ0v) is 18.5. The number of hydrogen-bond acceptors (Lipinski definition) is 4. The molecule has 1 amide bonds. The number of hydrogen-bond donors (Lipinski definition) is 1. The van der Waals surface area contributed by atoms with E-state index in [4.69, 9.17) is 16.3 Å². The highest BCUT2D eigenvalue weighted by Gasteiger charge is 2.25. The SMILES string of the molecule is O=C(O)c1cc(N(Cc2c(F)cccc2Cl)C(=O)c2ccccc2)ccc1N1CCOCC1. The average Bonchev–Trinajstić information content (AvgIpc) is 2.84. The van der Waals surface area contributed by atoms with Crippen molar-refractivity contribution in [3.63, 3.8) is 0 Å². The van der Waals surface area contributed by atoms with E-state index < -0.39 is 17.7 Å². The second kappa shape index (κ2) is 10.0. The first kappa shape index (κ1) is 22.8. The van der Waals surface area contributed by atoms with E-state index in [0.29, 0.717) is 43.2 Å². The monoisotopic (exact) mass is 468 g/mol. The molecule has 0 bridgehead atoms. The number of benzene rings is 3. The molecule has 0 aliphatic carbocycles. The summed E-state index contributed by atoms with van der Waals surface area (Å²) in [6, 6.07) is 17.7. The maximum Gasteiger partial charge on any atom is 0.337 e. The van der Waals surface area contributed by atoms with Crippen LogP contribution in [0.5, 0.6) is 0 Å². The van der Waals surface area contributed by atoms with Gasteiger partial charge in [-0.05, 0) is 42.5 Å². The Hall–Kier alpha value is -3.42. The van der Waals surface area contributed by atoms with Crippen molar-refractivity contribution in [2.45, 2.75) is 6.54 Å². The second-order valence-corrected chi connectivity index (χ2v) is 7.97. The molecule has 0 atom stereocenters. The maximum absolute atomic E-state index is 14.6. The van der Waals surface area contributed by atoms with Crippen molar-refractivity contribution < 1.29 is 23.8 Å². The van der Waals surface area contributed by atoms with Crippen LogP contribution in [-0.4, -0.2) is 43.3 Å². The Labute approximate surface area is 195 Å². The van der Waals surface area contributed by atoms with Crippen LogP contribution in [-0.2, 0) is 11.3 Å². The van der Waals surface area contributed by atoms with Crippen molar-refractivity contribution in [1.29, 1.82) is 0 Å². The predicted octanol–water partition coefficient (Wildman–Crippen LogP) is 4.86. The van der Waals surface area contributed by atoms with Gasteiger partial charge in [0.25, 0.3) is 5.91 Å². The first-order chi connectivity index (χ1) is 16.0. The van der Waals surface area contributed by atoms with Crippen molar-refractivity contribution in [1.82, 2.24) is 0 Å². The number of morpholine rings is 1. The summed E-state index contributed by atoms with van der Waals surface area (Å²) in [5.74, 6) is -2.06. The molecule has 8 heteroatoms. The molecule has 1 aliphatic heterocycles. The molecule has 33 heavy (non-hydrogen) atoms. The van der Waals surface area contributed by atoms with E-state index in [1.807, 2.05) is 4.90 Å². The van der Waals surface area contributed by atoms with Crippen LogP contribution < -0.4 is 9.80 Å². The average molecular weight is 469 g/mol. The Morgan fingerprint density at radius 2 is 1.76 bits per heavy atom. The summed E-state index contributed by atoms with van der Waals surface area (Å²) in [6.45, 7) is 1.99. The summed E-state index contributed by atoms with van der Waals surface area (Å²) in [7, 11) is 0. The highest BCUT2D eigenvalue weighted by molar-refractivity contribution is 6.31. The van der Waals surface area contributed by atoms with Crippen LogP contribution in [0.4, 0.5) is 15.8 Å². The van der Waals surface area contributed by atoms with Crippen LogP contribution in [0, 0.1) is 5.82 Å². The fourth-order valence-electron chi connectivity index (χ4n) is 3.80. The molecule has 4 rings (SSSR count). The van der Waals surface area contributed by atoms with Crippen LogP contribution in [0.1, 0.15) is 26.3 Å².